The van der Waals surface area contributed by atoms with Gasteiger partial charge in [-0.25, -0.2) is 0 Å². The quantitative estimate of drug-likeness (QED) is 0.873. The number of benzene rings is 1. The molecule has 0 saturated heterocycles. The van der Waals surface area contributed by atoms with Crippen molar-refractivity contribution in [3.63, 3.8) is 0 Å². The normalized spacial score (nSPS) is 39.7. The van der Waals surface area contributed by atoms with Crippen molar-refractivity contribution in [1.82, 2.24) is 0 Å². The zero-order valence-electron chi connectivity index (χ0n) is 11.4. The molecule has 0 amide bonds. The van der Waals surface area contributed by atoms with Crippen LogP contribution in [0.1, 0.15) is 37.7 Å². The summed E-state index contributed by atoms with van der Waals surface area (Å²) in [6.45, 7) is 1.10. The van der Waals surface area contributed by atoms with Crippen LogP contribution in [0.5, 0.6) is 0 Å². The lowest BCUT2D eigenvalue weighted by Gasteiger charge is -2.30. The second-order valence-corrected chi connectivity index (χ2v) is 7.32. The molecule has 19 heavy (non-hydrogen) atoms. The SMILES string of the molecule is Clc1cccc(C[NH2+][C@H]2C[C@H]3C[C@H]2[C@H]2CCC[C@H]32)c1. The molecule has 5 atom stereocenters. The molecule has 3 fully saturated rings. The minimum atomic E-state index is 0.870. The lowest BCUT2D eigenvalue weighted by Crippen LogP contribution is -2.90. The van der Waals surface area contributed by atoms with Crippen LogP contribution in [0.15, 0.2) is 24.3 Å². The summed E-state index contributed by atoms with van der Waals surface area (Å²) >= 11 is 6.06. The van der Waals surface area contributed by atoms with Crippen molar-refractivity contribution in [2.24, 2.45) is 23.7 Å². The molecular formula is C17H23ClN+. The highest BCUT2D eigenvalue weighted by Crippen LogP contribution is 2.57. The number of fused-ring (bicyclic) bond motifs is 5. The first-order chi connectivity index (χ1) is 9.31. The second-order valence-electron chi connectivity index (χ2n) is 6.89. The van der Waals surface area contributed by atoms with Crippen LogP contribution in [0.2, 0.25) is 5.02 Å². The molecular weight excluding hydrogens is 254 g/mol. The van der Waals surface area contributed by atoms with E-state index in [-0.39, 0.29) is 0 Å². The number of quaternary nitrogens is 1. The third-order valence-corrected chi connectivity index (χ3v) is 6.26. The van der Waals surface area contributed by atoms with Crippen molar-refractivity contribution in [3.05, 3.63) is 34.9 Å². The van der Waals surface area contributed by atoms with Gasteiger partial charge in [-0.1, -0.05) is 30.2 Å². The Morgan fingerprint density at radius 2 is 2.00 bits per heavy atom. The van der Waals surface area contributed by atoms with Gasteiger partial charge in [0.15, 0.2) is 0 Å². The summed E-state index contributed by atoms with van der Waals surface area (Å²) in [4.78, 5) is 0. The standard InChI is InChI=1S/C17H22ClN/c18-13-4-1-3-11(7-13)10-19-17-9-12-8-16(17)15-6-2-5-14(12)15/h1,3-4,7,12,14-17,19H,2,5-6,8-10H2/p+1/t12-,14-,15+,16+,17+/m1/s1. The fourth-order valence-electron chi connectivity index (χ4n) is 5.34. The van der Waals surface area contributed by atoms with Crippen molar-refractivity contribution in [3.8, 4) is 0 Å². The summed E-state index contributed by atoms with van der Waals surface area (Å²) in [5.74, 6) is 4.29. The number of nitrogens with two attached hydrogens (primary N) is 1. The Labute approximate surface area is 120 Å². The molecule has 0 aliphatic heterocycles. The van der Waals surface area contributed by atoms with E-state index in [2.05, 4.69) is 23.5 Å². The third kappa shape index (κ3) is 2.11. The number of rotatable bonds is 3. The van der Waals surface area contributed by atoms with E-state index in [1.54, 1.807) is 0 Å². The van der Waals surface area contributed by atoms with Gasteiger partial charge in [-0.15, -0.1) is 0 Å². The van der Waals surface area contributed by atoms with Crippen LogP contribution in [-0.2, 0) is 6.54 Å². The third-order valence-electron chi connectivity index (χ3n) is 6.03. The highest BCUT2D eigenvalue weighted by Gasteiger charge is 2.55. The molecule has 1 aromatic carbocycles. The first-order valence-corrected chi connectivity index (χ1v) is 8.27. The molecule has 0 aromatic heterocycles. The van der Waals surface area contributed by atoms with E-state index in [1.165, 1.54) is 37.7 Å². The topological polar surface area (TPSA) is 16.6 Å². The molecule has 0 radical (unpaired) electrons. The molecule has 3 aliphatic rings. The Bertz CT molecular complexity index is 472. The van der Waals surface area contributed by atoms with Crippen LogP contribution in [0.3, 0.4) is 0 Å². The van der Waals surface area contributed by atoms with Gasteiger partial charge in [0.1, 0.15) is 6.54 Å². The van der Waals surface area contributed by atoms with Gasteiger partial charge in [-0.3, -0.25) is 0 Å². The van der Waals surface area contributed by atoms with Crippen molar-refractivity contribution in [2.75, 3.05) is 0 Å². The Hall–Kier alpha value is -0.530. The van der Waals surface area contributed by atoms with Gasteiger partial charge >= 0.3 is 0 Å². The predicted octanol–water partition coefficient (Wildman–Crippen LogP) is 3.23. The van der Waals surface area contributed by atoms with E-state index in [4.69, 9.17) is 11.6 Å². The van der Waals surface area contributed by atoms with E-state index < -0.39 is 0 Å². The van der Waals surface area contributed by atoms with Gasteiger partial charge < -0.3 is 5.32 Å². The molecule has 2 N–H and O–H groups in total. The first-order valence-electron chi connectivity index (χ1n) is 7.89. The van der Waals surface area contributed by atoms with Gasteiger partial charge in [0.05, 0.1) is 6.04 Å². The van der Waals surface area contributed by atoms with Crippen LogP contribution < -0.4 is 5.32 Å². The molecule has 3 saturated carbocycles. The molecule has 4 rings (SSSR count). The predicted molar refractivity (Wildman–Crippen MR) is 77.9 cm³/mol. The van der Waals surface area contributed by atoms with Crippen molar-refractivity contribution >= 4 is 11.6 Å². The van der Waals surface area contributed by atoms with Gasteiger partial charge in [0.2, 0.25) is 0 Å². The van der Waals surface area contributed by atoms with Gasteiger partial charge in [-0.2, -0.15) is 0 Å². The lowest BCUT2D eigenvalue weighted by atomic mass is 9.79. The molecule has 0 unspecified atom stereocenters. The summed E-state index contributed by atoms with van der Waals surface area (Å²) in [5.41, 5.74) is 1.37. The maximum atomic E-state index is 6.06. The number of halogens is 1. The van der Waals surface area contributed by atoms with Crippen molar-refractivity contribution < 1.29 is 5.32 Å². The largest absolute Gasteiger partial charge is 0.340 e. The van der Waals surface area contributed by atoms with Crippen molar-refractivity contribution in [1.29, 1.82) is 0 Å². The Morgan fingerprint density at radius 1 is 1.11 bits per heavy atom. The summed E-state index contributed by atoms with van der Waals surface area (Å²) in [7, 11) is 0. The molecule has 3 aliphatic carbocycles. The average Bonchev–Trinajstić information content (AvgIpc) is 3.08. The first kappa shape index (κ1) is 12.2. The molecule has 102 valence electrons. The summed E-state index contributed by atoms with van der Waals surface area (Å²) in [6.07, 6.45) is 7.57. The van der Waals surface area contributed by atoms with Crippen LogP contribution in [0.25, 0.3) is 0 Å². The summed E-state index contributed by atoms with van der Waals surface area (Å²) < 4.78 is 0. The number of hydrogen-bond acceptors (Lipinski definition) is 0. The van der Waals surface area contributed by atoms with E-state index in [0.29, 0.717) is 0 Å². The Balaban J connectivity index is 1.40. The fourth-order valence-corrected chi connectivity index (χ4v) is 5.56. The van der Waals surface area contributed by atoms with E-state index >= 15 is 0 Å². The van der Waals surface area contributed by atoms with Crippen LogP contribution in [-0.4, -0.2) is 6.04 Å². The van der Waals surface area contributed by atoms with Crippen LogP contribution >= 0.6 is 11.6 Å². The zero-order chi connectivity index (χ0) is 12.8. The maximum absolute atomic E-state index is 6.06. The molecule has 2 bridgehead atoms. The van der Waals surface area contributed by atoms with Gasteiger partial charge in [0.25, 0.3) is 0 Å². The van der Waals surface area contributed by atoms with E-state index in [1.807, 2.05) is 6.07 Å². The number of hydrogen-bond donors (Lipinski definition) is 1. The smallest absolute Gasteiger partial charge is 0.101 e. The van der Waals surface area contributed by atoms with Crippen LogP contribution in [0, 0.1) is 23.7 Å². The Kier molecular flexibility index (Phi) is 3.08. The monoisotopic (exact) mass is 276 g/mol. The zero-order valence-corrected chi connectivity index (χ0v) is 12.2. The minimum absolute atomic E-state index is 0.870. The summed E-state index contributed by atoms with van der Waals surface area (Å²) in [5, 5.41) is 3.47. The minimum Gasteiger partial charge on any atom is -0.340 e. The van der Waals surface area contributed by atoms with Gasteiger partial charge in [-0.05, 0) is 49.1 Å². The summed E-state index contributed by atoms with van der Waals surface area (Å²) in [6, 6.07) is 9.24. The molecule has 1 aromatic rings. The fraction of sp³-hybridized carbons (Fsp3) is 0.647. The molecule has 0 spiro atoms. The lowest BCUT2D eigenvalue weighted by molar-refractivity contribution is -0.711. The van der Waals surface area contributed by atoms with E-state index in [9.17, 15) is 0 Å². The molecule has 1 nitrogen and oxygen atoms in total. The van der Waals surface area contributed by atoms with Gasteiger partial charge in [0, 0.05) is 22.9 Å². The second kappa shape index (κ2) is 4.79. The van der Waals surface area contributed by atoms with E-state index in [0.717, 1.165) is 41.3 Å². The average molecular weight is 277 g/mol. The Morgan fingerprint density at radius 3 is 2.89 bits per heavy atom. The highest BCUT2D eigenvalue weighted by molar-refractivity contribution is 6.30. The highest BCUT2D eigenvalue weighted by atomic mass is 35.5. The molecule has 0 heterocycles. The van der Waals surface area contributed by atoms with Crippen molar-refractivity contribution in [2.45, 2.75) is 44.7 Å². The maximum Gasteiger partial charge on any atom is 0.101 e. The van der Waals surface area contributed by atoms with Crippen LogP contribution in [0.4, 0.5) is 0 Å². The molecule has 2 heteroatoms.